The molecule has 0 aliphatic rings. The zero-order chi connectivity index (χ0) is 20.8. The molecule has 0 bridgehead atoms. The largest absolute Gasteiger partial charge is 0.487 e. The molecule has 0 amide bonds. The zero-order valence-electron chi connectivity index (χ0n) is 17.2. The summed E-state index contributed by atoms with van der Waals surface area (Å²) in [7, 11) is 0. The molecule has 0 radical (unpaired) electrons. The number of Topliss-reactive ketones (excluding diaryl/α,β-unsaturated/α-hetero) is 1. The predicted molar refractivity (Wildman–Crippen MR) is 121 cm³/mol. The van der Waals surface area contributed by atoms with Crippen molar-refractivity contribution < 1.29 is 9.53 Å². The summed E-state index contributed by atoms with van der Waals surface area (Å²) in [6.07, 6.45) is 2.36. The van der Waals surface area contributed by atoms with E-state index in [4.69, 9.17) is 4.74 Å². The summed E-state index contributed by atoms with van der Waals surface area (Å²) in [4.78, 5) is 16.1. The second kappa shape index (κ2) is 9.36. The molecule has 30 heavy (non-hydrogen) atoms. The minimum atomic E-state index is 0.199. The SMILES string of the molecule is CC(=O)Cc1ccccc1CCc1ccc(OCc2ccc3ccccc3n2)cc1. The molecular weight excluding hydrogens is 370 g/mol. The minimum absolute atomic E-state index is 0.199. The average Bonchev–Trinajstić information content (AvgIpc) is 2.77. The van der Waals surface area contributed by atoms with Gasteiger partial charge in [-0.1, -0.05) is 60.7 Å². The minimum Gasteiger partial charge on any atom is -0.487 e. The summed E-state index contributed by atoms with van der Waals surface area (Å²) in [6.45, 7) is 2.09. The molecule has 3 nitrogen and oxygen atoms in total. The maximum Gasteiger partial charge on any atom is 0.134 e. The molecule has 4 rings (SSSR count). The van der Waals surface area contributed by atoms with Gasteiger partial charge in [0, 0.05) is 11.8 Å². The van der Waals surface area contributed by atoms with Crippen LogP contribution < -0.4 is 4.74 Å². The number of benzene rings is 3. The quantitative estimate of drug-likeness (QED) is 0.382. The fraction of sp³-hybridized carbons (Fsp3) is 0.185. The van der Waals surface area contributed by atoms with Crippen LogP contribution in [0, 0.1) is 0 Å². The topological polar surface area (TPSA) is 39.2 Å². The first-order valence-corrected chi connectivity index (χ1v) is 10.3. The van der Waals surface area contributed by atoms with Crippen LogP contribution in [0.3, 0.4) is 0 Å². The van der Waals surface area contributed by atoms with E-state index in [-0.39, 0.29) is 5.78 Å². The molecule has 1 aromatic heterocycles. The van der Waals surface area contributed by atoms with Crippen molar-refractivity contribution in [1.82, 2.24) is 4.98 Å². The number of nitrogens with zero attached hydrogens (tertiary/aromatic N) is 1. The number of aromatic nitrogens is 1. The van der Waals surface area contributed by atoms with Gasteiger partial charge in [-0.05, 0) is 60.7 Å². The third-order valence-electron chi connectivity index (χ3n) is 5.21. The molecule has 0 N–H and O–H groups in total. The molecule has 0 aliphatic heterocycles. The van der Waals surface area contributed by atoms with Gasteiger partial charge in [-0.15, -0.1) is 0 Å². The first-order chi connectivity index (χ1) is 14.7. The highest BCUT2D eigenvalue weighted by molar-refractivity contribution is 5.79. The van der Waals surface area contributed by atoms with Crippen LogP contribution in [0.1, 0.15) is 29.3 Å². The maximum atomic E-state index is 11.5. The van der Waals surface area contributed by atoms with Crippen LogP contribution in [0.25, 0.3) is 10.9 Å². The molecule has 0 fully saturated rings. The Kier molecular flexibility index (Phi) is 6.19. The zero-order valence-corrected chi connectivity index (χ0v) is 17.2. The average molecular weight is 396 g/mol. The molecular formula is C27H25NO2. The molecule has 0 aliphatic carbocycles. The molecule has 0 unspecified atom stereocenters. The Hall–Kier alpha value is -3.46. The predicted octanol–water partition coefficient (Wildman–Crippen LogP) is 5.73. The number of carbonyl (C=O) groups is 1. The number of ketones is 1. The third-order valence-corrected chi connectivity index (χ3v) is 5.21. The van der Waals surface area contributed by atoms with Crippen molar-refractivity contribution in [2.45, 2.75) is 32.8 Å². The van der Waals surface area contributed by atoms with Gasteiger partial charge in [0.25, 0.3) is 0 Å². The molecule has 3 heteroatoms. The van der Waals surface area contributed by atoms with Crippen molar-refractivity contribution >= 4 is 16.7 Å². The lowest BCUT2D eigenvalue weighted by molar-refractivity contribution is -0.116. The maximum absolute atomic E-state index is 11.5. The summed E-state index contributed by atoms with van der Waals surface area (Å²) in [5.41, 5.74) is 5.53. The van der Waals surface area contributed by atoms with Crippen molar-refractivity contribution in [3.63, 3.8) is 0 Å². The summed E-state index contributed by atoms with van der Waals surface area (Å²) in [5, 5.41) is 1.13. The summed E-state index contributed by atoms with van der Waals surface area (Å²) >= 11 is 0. The standard InChI is InChI=1S/C27H25NO2/c1-20(29)18-24-8-3-2-6-22(24)13-10-21-11-16-26(17-12-21)30-19-25-15-14-23-7-4-5-9-27(23)28-25/h2-9,11-12,14-17H,10,13,18-19H2,1H3. The molecule has 0 atom stereocenters. The van der Waals surface area contributed by atoms with E-state index in [0.717, 1.165) is 40.8 Å². The first kappa shape index (κ1) is 19.8. The number of aryl methyl sites for hydroxylation is 2. The van der Waals surface area contributed by atoms with E-state index in [1.54, 1.807) is 6.92 Å². The number of ether oxygens (including phenoxy) is 1. The van der Waals surface area contributed by atoms with Crippen LogP contribution >= 0.6 is 0 Å². The summed E-state index contributed by atoms with van der Waals surface area (Å²) in [6, 6.07) is 28.6. The van der Waals surface area contributed by atoms with Crippen LogP contribution in [0.4, 0.5) is 0 Å². The van der Waals surface area contributed by atoms with Gasteiger partial charge in [-0.3, -0.25) is 4.79 Å². The number of hydrogen-bond acceptors (Lipinski definition) is 3. The van der Waals surface area contributed by atoms with Gasteiger partial charge in [-0.2, -0.15) is 0 Å². The van der Waals surface area contributed by atoms with Crippen LogP contribution in [-0.4, -0.2) is 10.8 Å². The Morgan fingerprint density at radius 3 is 2.33 bits per heavy atom. The van der Waals surface area contributed by atoms with E-state index >= 15 is 0 Å². The van der Waals surface area contributed by atoms with Crippen molar-refractivity contribution in [1.29, 1.82) is 0 Å². The number of fused-ring (bicyclic) bond motifs is 1. The van der Waals surface area contributed by atoms with E-state index in [9.17, 15) is 4.79 Å². The Bertz CT molecular complexity index is 1150. The second-order valence-corrected chi connectivity index (χ2v) is 7.58. The van der Waals surface area contributed by atoms with Crippen LogP contribution in [0.15, 0.2) is 84.9 Å². The van der Waals surface area contributed by atoms with Crippen molar-refractivity contribution in [3.8, 4) is 5.75 Å². The summed E-state index contributed by atoms with van der Waals surface area (Å²) < 4.78 is 5.92. The highest BCUT2D eigenvalue weighted by atomic mass is 16.5. The molecule has 0 saturated heterocycles. The lowest BCUT2D eigenvalue weighted by Gasteiger charge is -2.10. The van der Waals surface area contributed by atoms with Crippen LogP contribution in [0.5, 0.6) is 5.75 Å². The van der Waals surface area contributed by atoms with Gasteiger partial charge < -0.3 is 4.74 Å². The lowest BCUT2D eigenvalue weighted by Crippen LogP contribution is -2.02. The van der Waals surface area contributed by atoms with Crippen LogP contribution in [0.2, 0.25) is 0 Å². The second-order valence-electron chi connectivity index (χ2n) is 7.58. The monoisotopic (exact) mass is 395 g/mol. The molecule has 0 spiro atoms. The molecule has 3 aromatic carbocycles. The Labute approximate surface area is 177 Å². The Morgan fingerprint density at radius 2 is 1.53 bits per heavy atom. The number of para-hydroxylation sites is 1. The molecule has 150 valence electrons. The fourth-order valence-corrected chi connectivity index (χ4v) is 3.62. The molecule has 4 aromatic rings. The number of pyridine rings is 1. The first-order valence-electron chi connectivity index (χ1n) is 10.3. The van der Waals surface area contributed by atoms with E-state index in [1.807, 2.05) is 48.5 Å². The Morgan fingerprint density at radius 1 is 0.800 bits per heavy atom. The van der Waals surface area contributed by atoms with E-state index < -0.39 is 0 Å². The summed E-state index contributed by atoms with van der Waals surface area (Å²) in [5.74, 6) is 1.04. The number of hydrogen-bond donors (Lipinski definition) is 0. The van der Waals surface area contributed by atoms with E-state index in [2.05, 4.69) is 41.4 Å². The van der Waals surface area contributed by atoms with Gasteiger partial charge in [0.1, 0.15) is 18.1 Å². The van der Waals surface area contributed by atoms with Gasteiger partial charge in [0.15, 0.2) is 0 Å². The van der Waals surface area contributed by atoms with Gasteiger partial charge >= 0.3 is 0 Å². The third kappa shape index (κ3) is 5.12. The molecule has 1 heterocycles. The number of carbonyl (C=O) groups excluding carboxylic acids is 1. The lowest BCUT2D eigenvalue weighted by atomic mass is 9.97. The normalized spacial score (nSPS) is 10.8. The van der Waals surface area contributed by atoms with Crippen LogP contribution in [-0.2, 0) is 30.7 Å². The molecule has 0 saturated carbocycles. The van der Waals surface area contributed by atoms with Crippen molar-refractivity contribution in [2.24, 2.45) is 0 Å². The highest BCUT2D eigenvalue weighted by Crippen LogP contribution is 2.18. The van der Waals surface area contributed by atoms with E-state index in [1.165, 1.54) is 11.1 Å². The van der Waals surface area contributed by atoms with Gasteiger partial charge in [0.2, 0.25) is 0 Å². The highest BCUT2D eigenvalue weighted by Gasteiger charge is 2.05. The smallest absolute Gasteiger partial charge is 0.134 e. The van der Waals surface area contributed by atoms with E-state index in [0.29, 0.717) is 13.0 Å². The fourth-order valence-electron chi connectivity index (χ4n) is 3.62. The van der Waals surface area contributed by atoms with Gasteiger partial charge in [-0.25, -0.2) is 4.98 Å². The Balaban J connectivity index is 1.34. The van der Waals surface area contributed by atoms with Gasteiger partial charge in [0.05, 0.1) is 11.2 Å². The number of rotatable bonds is 8. The van der Waals surface area contributed by atoms with Crippen molar-refractivity contribution in [3.05, 3.63) is 107 Å². The van der Waals surface area contributed by atoms with Crippen molar-refractivity contribution in [2.75, 3.05) is 0 Å².